The third kappa shape index (κ3) is 3.85. The first kappa shape index (κ1) is 19.0. The van der Waals surface area contributed by atoms with Crippen LogP contribution in [0.1, 0.15) is 28.1 Å². The van der Waals surface area contributed by atoms with E-state index in [1.807, 2.05) is 27.7 Å². The van der Waals surface area contributed by atoms with Crippen LogP contribution in [-0.4, -0.2) is 18.4 Å². The summed E-state index contributed by atoms with van der Waals surface area (Å²) >= 11 is 0. The van der Waals surface area contributed by atoms with Gasteiger partial charge >= 0.3 is 0 Å². The lowest BCUT2D eigenvalue weighted by Crippen LogP contribution is -2.10. The van der Waals surface area contributed by atoms with Crippen LogP contribution in [0.3, 0.4) is 0 Å². The lowest BCUT2D eigenvalue weighted by atomic mass is 10.1. The average molecular weight is 382 g/mol. The van der Waals surface area contributed by atoms with Crippen LogP contribution in [0.25, 0.3) is 0 Å². The van der Waals surface area contributed by atoms with Crippen LogP contribution in [0.2, 0.25) is 0 Å². The molecule has 0 saturated heterocycles. The normalized spacial score (nSPS) is 11.4. The zero-order valence-corrected chi connectivity index (χ0v) is 17.0. The Hall–Kier alpha value is -2.73. The van der Waals surface area contributed by atoms with Crippen LogP contribution in [0.5, 0.6) is 0 Å². The van der Waals surface area contributed by atoms with Crippen LogP contribution in [0.15, 0.2) is 52.4 Å². The molecule has 5 nitrogen and oxygen atoms in total. The van der Waals surface area contributed by atoms with Gasteiger partial charge in [-0.1, -0.05) is 35.4 Å². The largest absolute Gasteiger partial charge is 0.339 e. The van der Waals surface area contributed by atoms with Gasteiger partial charge in [0.1, 0.15) is 10.7 Å². The van der Waals surface area contributed by atoms with E-state index in [0.29, 0.717) is 5.82 Å². The number of benzene rings is 2. The quantitative estimate of drug-likeness (QED) is 0.715. The van der Waals surface area contributed by atoms with Gasteiger partial charge in [-0.15, -0.1) is 0 Å². The monoisotopic (exact) mass is 381 g/mol. The maximum Gasteiger partial charge on any atom is 0.211 e. The maximum atomic E-state index is 13.2. The van der Waals surface area contributed by atoms with Crippen LogP contribution >= 0.6 is 0 Å². The number of sulfone groups is 1. The minimum absolute atomic E-state index is 0.0660. The Balaban J connectivity index is 2.13. The molecule has 0 amide bonds. The van der Waals surface area contributed by atoms with E-state index in [4.69, 9.17) is 0 Å². The van der Waals surface area contributed by atoms with Gasteiger partial charge in [0, 0.05) is 5.69 Å². The van der Waals surface area contributed by atoms with Crippen molar-refractivity contribution in [1.29, 1.82) is 0 Å². The van der Waals surface area contributed by atoms with Gasteiger partial charge in [0.25, 0.3) is 0 Å². The zero-order chi connectivity index (χ0) is 19.8. The second kappa shape index (κ2) is 7.12. The molecule has 0 radical (unpaired) electrons. The molecular weight excluding hydrogens is 358 g/mol. The Kier molecular flexibility index (Phi) is 5.02. The summed E-state index contributed by atoms with van der Waals surface area (Å²) < 4.78 is 26.3. The lowest BCUT2D eigenvalue weighted by molar-refractivity contribution is 0.595. The molecule has 0 aliphatic rings. The molecule has 2 aromatic carbocycles. The van der Waals surface area contributed by atoms with Crippen molar-refractivity contribution in [2.75, 3.05) is 5.32 Å². The second-order valence-corrected chi connectivity index (χ2v) is 8.76. The van der Waals surface area contributed by atoms with Gasteiger partial charge in [0.15, 0.2) is 5.82 Å². The van der Waals surface area contributed by atoms with Crippen molar-refractivity contribution >= 4 is 21.3 Å². The van der Waals surface area contributed by atoms with E-state index in [1.165, 1.54) is 6.20 Å². The first-order valence-corrected chi connectivity index (χ1v) is 10.2. The van der Waals surface area contributed by atoms with Gasteiger partial charge < -0.3 is 5.32 Å². The Morgan fingerprint density at radius 2 is 1.44 bits per heavy atom. The van der Waals surface area contributed by atoms with Crippen molar-refractivity contribution in [3.63, 3.8) is 0 Å². The molecule has 0 fully saturated rings. The average Bonchev–Trinajstić information content (AvgIpc) is 2.58. The fourth-order valence-electron chi connectivity index (χ4n) is 3.09. The van der Waals surface area contributed by atoms with Gasteiger partial charge in [-0.25, -0.2) is 18.4 Å². The van der Waals surface area contributed by atoms with Crippen molar-refractivity contribution in [2.24, 2.45) is 0 Å². The SMILES string of the molecule is Cc1ccc(S(=O)(=O)c2cnc(C)nc2Nc2c(C)cc(C)cc2C)cc1. The highest BCUT2D eigenvalue weighted by atomic mass is 32.2. The second-order valence-electron chi connectivity index (χ2n) is 6.85. The van der Waals surface area contributed by atoms with E-state index >= 15 is 0 Å². The first-order chi connectivity index (χ1) is 12.7. The number of hydrogen-bond acceptors (Lipinski definition) is 5. The first-order valence-electron chi connectivity index (χ1n) is 8.69. The Bertz CT molecular complexity index is 1080. The molecule has 1 N–H and O–H groups in total. The molecule has 0 unspecified atom stereocenters. The van der Waals surface area contributed by atoms with Crippen molar-refractivity contribution < 1.29 is 8.42 Å². The molecule has 0 saturated carbocycles. The third-order valence-corrected chi connectivity index (χ3v) is 6.19. The molecule has 0 atom stereocenters. The Labute approximate surface area is 160 Å². The van der Waals surface area contributed by atoms with Crippen LogP contribution in [-0.2, 0) is 9.84 Å². The Morgan fingerprint density at radius 1 is 0.852 bits per heavy atom. The fourth-order valence-corrected chi connectivity index (χ4v) is 4.38. The molecule has 27 heavy (non-hydrogen) atoms. The highest BCUT2D eigenvalue weighted by molar-refractivity contribution is 7.91. The van der Waals surface area contributed by atoms with E-state index in [2.05, 4.69) is 27.4 Å². The summed E-state index contributed by atoms with van der Waals surface area (Å²) in [6.45, 7) is 9.67. The van der Waals surface area contributed by atoms with E-state index < -0.39 is 9.84 Å². The predicted octanol–water partition coefficient (Wildman–Crippen LogP) is 4.60. The predicted molar refractivity (Wildman–Crippen MR) is 107 cm³/mol. The molecule has 1 aromatic heterocycles. The number of hydrogen-bond donors (Lipinski definition) is 1. The molecular formula is C21H23N3O2S. The van der Waals surface area contributed by atoms with Gasteiger partial charge in [-0.05, 0) is 57.9 Å². The summed E-state index contributed by atoms with van der Waals surface area (Å²) in [5.74, 6) is 0.793. The summed E-state index contributed by atoms with van der Waals surface area (Å²) in [6, 6.07) is 10.9. The van der Waals surface area contributed by atoms with Crippen molar-refractivity contribution in [3.05, 3.63) is 70.7 Å². The molecule has 0 aliphatic carbocycles. The topological polar surface area (TPSA) is 72.0 Å². The number of nitrogens with zero attached hydrogens (tertiary/aromatic N) is 2. The maximum absolute atomic E-state index is 13.2. The summed E-state index contributed by atoms with van der Waals surface area (Å²) in [7, 11) is -3.74. The molecule has 0 bridgehead atoms. The standard InChI is InChI=1S/C21H23N3O2S/c1-13-6-8-18(9-7-13)27(25,26)19-12-22-17(5)23-21(19)24-20-15(3)10-14(2)11-16(20)4/h6-12H,1-5H3,(H,22,23,24). The Morgan fingerprint density at radius 3 is 2.04 bits per heavy atom. The smallest absolute Gasteiger partial charge is 0.211 e. The van der Waals surface area contributed by atoms with Crippen LogP contribution < -0.4 is 5.32 Å². The number of aryl methyl sites for hydroxylation is 5. The lowest BCUT2D eigenvalue weighted by Gasteiger charge is -2.16. The summed E-state index contributed by atoms with van der Waals surface area (Å²) in [4.78, 5) is 8.79. The van der Waals surface area contributed by atoms with Crippen molar-refractivity contribution in [1.82, 2.24) is 9.97 Å². The molecule has 6 heteroatoms. The van der Waals surface area contributed by atoms with E-state index in [1.54, 1.807) is 31.2 Å². The third-order valence-electron chi connectivity index (χ3n) is 4.42. The van der Waals surface area contributed by atoms with E-state index in [-0.39, 0.29) is 15.6 Å². The highest BCUT2D eigenvalue weighted by Gasteiger charge is 2.24. The van der Waals surface area contributed by atoms with E-state index in [0.717, 1.165) is 27.9 Å². The summed E-state index contributed by atoms with van der Waals surface area (Å²) in [5.41, 5.74) is 5.07. The van der Waals surface area contributed by atoms with Gasteiger partial charge in [0.05, 0.1) is 11.1 Å². The number of aromatic nitrogens is 2. The number of nitrogens with one attached hydrogen (secondary N) is 1. The molecule has 140 valence electrons. The van der Waals surface area contributed by atoms with E-state index in [9.17, 15) is 8.42 Å². The van der Waals surface area contributed by atoms with Gasteiger partial charge in [-0.3, -0.25) is 0 Å². The van der Waals surface area contributed by atoms with Gasteiger partial charge in [0.2, 0.25) is 9.84 Å². The molecule has 3 rings (SSSR count). The highest BCUT2D eigenvalue weighted by Crippen LogP contribution is 2.31. The molecule has 3 aromatic rings. The van der Waals surface area contributed by atoms with Crippen LogP contribution in [0.4, 0.5) is 11.5 Å². The number of rotatable bonds is 4. The minimum atomic E-state index is -3.74. The van der Waals surface area contributed by atoms with Crippen LogP contribution in [0, 0.1) is 34.6 Å². The zero-order valence-electron chi connectivity index (χ0n) is 16.2. The fraction of sp³-hybridized carbons (Fsp3) is 0.238. The molecule has 1 heterocycles. The van der Waals surface area contributed by atoms with Gasteiger partial charge in [-0.2, -0.15) is 0 Å². The van der Waals surface area contributed by atoms with Crippen molar-refractivity contribution in [3.8, 4) is 0 Å². The number of anilines is 2. The summed E-state index contributed by atoms with van der Waals surface area (Å²) in [6.07, 6.45) is 1.37. The van der Waals surface area contributed by atoms with Crippen molar-refractivity contribution in [2.45, 2.75) is 44.4 Å². The molecule has 0 spiro atoms. The molecule has 0 aliphatic heterocycles. The summed E-state index contributed by atoms with van der Waals surface area (Å²) in [5, 5.41) is 3.23. The minimum Gasteiger partial charge on any atom is -0.339 e.